The molecule has 0 spiro atoms. The van der Waals surface area contributed by atoms with E-state index in [1.807, 2.05) is 6.07 Å². The average molecular weight is 458 g/mol. The summed E-state index contributed by atoms with van der Waals surface area (Å²) in [5.41, 5.74) is 7.28. The minimum atomic E-state index is 0.250. The SMILES string of the molecule is Cc1ccc2c(c1)Cc1nc(Cc3ccccc3)nc(OCCCN3CCCCC3)c1-2.O=C=O. The number of hydrogen-bond acceptors (Lipinski definition) is 6. The molecule has 1 aliphatic heterocycles. The number of rotatable bonds is 7. The van der Waals surface area contributed by atoms with Gasteiger partial charge < -0.3 is 9.64 Å². The van der Waals surface area contributed by atoms with Gasteiger partial charge >= 0.3 is 6.15 Å². The van der Waals surface area contributed by atoms with E-state index in [0.29, 0.717) is 6.61 Å². The van der Waals surface area contributed by atoms with Gasteiger partial charge in [0.2, 0.25) is 5.88 Å². The normalized spacial score (nSPS) is 14.4. The number of aromatic nitrogens is 2. The summed E-state index contributed by atoms with van der Waals surface area (Å²) < 4.78 is 6.33. The minimum absolute atomic E-state index is 0.250. The Bertz CT molecular complexity index is 1140. The Morgan fingerprint density at radius 3 is 2.53 bits per heavy atom. The van der Waals surface area contributed by atoms with Crippen molar-refractivity contribution in [2.45, 2.75) is 45.4 Å². The Hall–Kier alpha value is -3.34. The Kier molecular flexibility index (Phi) is 8.18. The maximum Gasteiger partial charge on any atom is 0.373 e. The molecule has 1 aliphatic carbocycles. The summed E-state index contributed by atoms with van der Waals surface area (Å²) >= 11 is 0. The molecule has 0 bridgehead atoms. The van der Waals surface area contributed by atoms with Crippen LogP contribution in [0.15, 0.2) is 48.5 Å². The molecule has 0 saturated carbocycles. The van der Waals surface area contributed by atoms with E-state index in [-0.39, 0.29) is 6.15 Å². The van der Waals surface area contributed by atoms with Crippen LogP contribution in [0.2, 0.25) is 0 Å². The van der Waals surface area contributed by atoms with E-state index in [1.165, 1.54) is 54.6 Å². The van der Waals surface area contributed by atoms with Crippen molar-refractivity contribution in [1.82, 2.24) is 14.9 Å². The van der Waals surface area contributed by atoms with Crippen LogP contribution >= 0.6 is 0 Å². The van der Waals surface area contributed by atoms with E-state index >= 15 is 0 Å². The van der Waals surface area contributed by atoms with Crippen molar-refractivity contribution in [1.29, 1.82) is 0 Å². The predicted octanol–water partition coefficient (Wildman–Crippen LogP) is 4.62. The van der Waals surface area contributed by atoms with E-state index < -0.39 is 0 Å². The predicted molar refractivity (Wildman–Crippen MR) is 130 cm³/mol. The highest BCUT2D eigenvalue weighted by Crippen LogP contribution is 2.41. The van der Waals surface area contributed by atoms with Gasteiger partial charge in [-0.15, -0.1) is 0 Å². The first-order valence-corrected chi connectivity index (χ1v) is 12.1. The second-order valence-corrected chi connectivity index (χ2v) is 8.95. The Balaban J connectivity index is 0.000000868. The topological polar surface area (TPSA) is 72.4 Å². The molecular formula is C28H31N3O3. The van der Waals surface area contributed by atoms with Crippen LogP contribution in [-0.2, 0) is 22.4 Å². The maximum absolute atomic E-state index is 8.12. The van der Waals surface area contributed by atoms with Gasteiger partial charge in [-0.3, -0.25) is 0 Å². The molecule has 1 aromatic heterocycles. The third-order valence-corrected chi connectivity index (χ3v) is 6.40. The van der Waals surface area contributed by atoms with Crippen molar-refractivity contribution in [3.8, 4) is 17.0 Å². The summed E-state index contributed by atoms with van der Waals surface area (Å²) in [6, 6.07) is 17.1. The summed E-state index contributed by atoms with van der Waals surface area (Å²) in [4.78, 5) is 28.7. The lowest BCUT2D eigenvalue weighted by Crippen LogP contribution is -2.31. The molecule has 3 aromatic rings. The molecule has 5 rings (SSSR count). The Morgan fingerprint density at radius 1 is 1.00 bits per heavy atom. The van der Waals surface area contributed by atoms with Gasteiger partial charge in [0.1, 0.15) is 5.82 Å². The van der Waals surface area contributed by atoms with Crippen LogP contribution in [0.25, 0.3) is 11.1 Å². The van der Waals surface area contributed by atoms with Crippen molar-refractivity contribution in [2.24, 2.45) is 0 Å². The van der Waals surface area contributed by atoms with E-state index in [4.69, 9.17) is 24.3 Å². The largest absolute Gasteiger partial charge is 0.477 e. The summed E-state index contributed by atoms with van der Waals surface area (Å²) in [5.74, 6) is 1.61. The molecule has 2 aromatic carbocycles. The molecule has 0 amide bonds. The Labute approximate surface area is 201 Å². The number of piperidine rings is 1. The summed E-state index contributed by atoms with van der Waals surface area (Å²) in [7, 11) is 0. The number of benzene rings is 2. The highest BCUT2D eigenvalue weighted by Gasteiger charge is 2.26. The van der Waals surface area contributed by atoms with Crippen molar-refractivity contribution < 1.29 is 14.3 Å². The zero-order valence-corrected chi connectivity index (χ0v) is 19.8. The lowest BCUT2D eigenvalue weighted by Gasteiger charge is -2.26. The molecule has 6 heteroatoms. The van der Waals surface area contributed by atoms with Gasteiger partial charge in [-0.1, -0.05) is 60.5 Å². The number of hydrogen-bond donors (Lipinski definition) is 0. The second kappa shape index (κ2) is 11.7. The van der Waals surface area contributed by atoms with Crippen molar-refractivity contribution in [3.05, 3.63) is 76.7 Å². The fourth-order valence-corrected chi connectivity index (χ4v) is 4.83. The summed E-state index contributed by atoms with van der Waals surface area (Å²) in [6.45, 7) is 6.42. The molecule has 0 unspecified atom stereocenters. The Morgan fingerprint density at radius 2 is 1.76 bits per heavy atom. The summed E-state index contributed by atoms with van der Waals surface area (Å²) in [5, 5.41) is 0. The fraction of sp³-hybridized carbons (Fsp3) is 0.393. The molecule has 2 heterocycles. The molecule has 0 atom stereocenters. The van der Waals surface area contributed by atoms with Crippen LogP contribution < -0.4 is 4.74 Å². The lowest BCUT2D eigenvalue weighted by atomic mass is 10.0. The van der Waals surface area contributed by atoms with Gasteiger partial charge in [-0.25, -0.2) is 4.98 Å². The monoisotopic (exact) mass is 457 g/mol. The van der Waals surface area contributed by atoms with Crippen LogP contribution in [-0.4, -0.2) is 47.3 Å². The quantitative estimate of drug-likeness (QED) is 0.377. The number of aryl methyl sites for hydroxylation is 1. The number of likely N-dealkylation sites (tertiary alicyclic amines) is 1. The third-order valence-electron chi connectivity index (χ3n) is 6.40. The van der Waals surface area contributed by atoms with Gasteiger partial charge in [0.25, 0.3) is 0 Å². The second-order valence-electron chi connectivity index (χ2n) is 8.95. The first-order chi connectivity index (χ1) is 16.7. The molecule has 2 aliphatic rings. The van der Waals surface area contributed by atoms with E-state index in [0.717, 1.165) is 48.8 Å². The molecule has 34 heavy (non-hydrogen) atoms. The van der Waals surface area contributed by atoms with Crippen LogP contribution in [0.1, 0.15) is 53.9 Å². The summed E-state index contributed by atoms with van der Waals surface area (Å²) in [6.07, 6.45) is 6.92. The van der Waals surface area contributed by atoms with Gasteiger partial charge in [0.15, 0.2) is 0 Å². The molecule has 0 radical (unpaired) electrons. The third kappa shape index (κ3) is 5.96. The van der Waals surface area contributed by atoms with E-state index in [1.54, 1.807) is 0 Å². The highest BCUT2D eigenvalue weighted by molar-refractivity contribution is 5.79. The number of ether oxygens (including phenoxy) is 1. The van der Waals surface area contributed by atoms with Crippen molar-refractivity contribution in [3.63, 3.8) is 0 Å². The van der Waals surface area contributed by atoms with Crippen LogP contribution in [0.4, 0.5) is 0 Å². The smallest absolute Gasteiger partial charge is 0.373 e. The maximum atomic E-state index is 8.12. The van der Waals surface area contributed by atoms with E-state index in [2.05, 4.69) is 54.3 Å². The fourth-order valence-electron chi connectivity index (χ4n) is 4.83. The van der Waals surface area contributed by atoms with Crippen LogP contribution in [0, 0.1) is 6.92 Å². The van der Waals surface area contributed by atoms with Gasteiger partial charge in [0, 0.05) is 19.4 Å². The molecular weight excluding hydrogens is 426 g/mol. The van der Waals surface area contributed by atoms with Gasteiger partial charge in [0.05, 0.1) is 17.9 Å². The molecule has 1 saturated heterocycles. The zero-order valence-electron chi connectivity index (χ0n) is 19.8. The minimum Gasteiger partial charge on any atom is -0.477 e. The van der Waals surface area contributed by atoms with Crippen molar-refractivity contribution >= 4 is 6.15 Å². The lowest BCUT2D eigenvalue weighted by molar-refractivity contribution is -0.191. The molecule has 176 valence electrons. The molecule has 0 N–H and O–H groups in total. The highest BCUT2D eigenvalue weighted by atomic mass is 16.5. The first-order valence-electron chi connectivity index (χ1n) is 12.1. The zero-order chi connectivity index (χ0) is 23.8. The van der Waals surface area contributed by atoms with Crippen molar-refractivity contribution in [2.75, 3.05) is 26.2 Å². The van der Waals surface area contributed by atoms with Crippen LogP contribution in [0.5, 0.6) is 5.88 Å². The van der Waals surface area contributed by atoms with E-state index in [9.17, 15) is 0 Å². The number of nitrogens with zero attached hydrogens (tertiary/aromatic N) is 3. The van der Waals surface area contributed by atoms with Crippen LogP contribution in [0.3, 0.4) is 0 Å². The van der Waals surface area contributed by atoms with Gasteiger partial charge in [-0.2, -0.15) is 14.6 Å². The molecule has 1 fully saturated rings. The first kappa shape index (κ1) is 23.8. The number of carbonyl (C=O) groups excluding carboxylic acids is 2. The molecule has 6 nitrogen and oxygen atoms in total. The average Bonchev–Trinajstić information content (AvgIpc) is 3.21. The van der Waals surface area contributed by atoms with Gasteiger partial charge in [-0.05, 0) is 56.0 Å². The standard InChI is InChI=1S/C27H31N3O.CO2/c1-20-11-12-23-22(17-20)19-24-26(23)27(31-16-8-15-30-13-6-3-7-14-30)29-25(28-24)18-21-9-4-2-5-10-21;2-1-3/h2,4-5,9-12,17H,3,6-8,13-16,18-19H2,1H3;. The number of fused-ring (bicyclic) bond motifs is 3.